The molecule has 3 N–H and O–H groups in total. The molecule has 5 heterocycles. The smallest absolute Gasteiger partial charge is 0.162 e. The predicted octanol–water partition coefficient (Wildman–Crippen LogP) is 4.03. The molecule has 1 fully saturated rings. The van der Waals surface area contributed by atoms with E-state index in [1.54, 1.807) is 17.5 Å². The van der Waals surface area contributed by atoms with Crippen molar-refractivity contribution in [1.82, 2.24) is 19.9 Å². The molecule has 2 unspecified atom stereocenters. The van der Waals surface area contributed by atoms with Gasteiger partial charge in [-0.25, -0.2) is 15.0 Å². The molecule has 0 saturated carbocycles. The van der Waals surface area contributed by atoms with E-state index < -0.39 is 6.23 Å². The van der Waals surface area contributed by atoms with E-state index in [-0.39, 0.29) is 0 Å². The quantitative estimate of drug-likeness (QED) is 0.392. The molecule has 0 aliphatic carbocycles. The molecule has 0 bridgehead atoms. The van der Waals surface area contributed by atoms with Gasteiger partial charge in [0.1, 0.15) is 11.6 Å². The topological polar surface area (TPSA) is 86.2 Å². The molecule has 0 aromatic carbocycles. The number of hydrogen-bond acceptors (Lipinski definition) is 9. The van der Waals surface area contributed by atoms with Gasteiger partial charge in [-0.15, -0.1) is 22.7 Å². The lowest BCUT2D eigenvalue weighted by Gasteiger charge is -2.15. The zero-order valence-electron chi connectivity index (χ0n) is 16.4. The third kappa shape index (κ3) is 4.01. The van der Waals surface area contributed by atoms with Crippen LogP contribution in [0.3, 0.4) is 0 Å². The van der Waals surface area contributed by atoms with Crippen LogP contribution in [-0.4, -0.2) is 51.1 Å². The first-order chi connectivity index (χ1) is 14.7. The number of likely N-dealkylation sites (N-methyl/N-ethyl adjacent to an activating group) is 1. The van der Waals surface area contributed by atoms with E-state index in [1.165, 1.54) is 11.3 Å². The summed E-state index contributed by atoms with van der Waals surface area (Å²) < 4.78 is 1.08. The van der Waals surface area contributed by atoms with Crippen molar-refractivity contribution in [3.63, 3.8) is 0 Å². The number of hydrogen-bond donors (Lipinski definition) is 3. The largest absolute Gasteiger partial charge is 0.369 e. The molecule has 0 amide bonds. The predicted molar refractivity (Wildman–Crippen MR) is 123 cm³/mol. The first kappa shape index (κ1) is 19.4. The highest BCUT2D eigenvalue weighted by molar-refractivity contribution is 7.17. The molecular weight excluding hydrogens is 416 g/mol. The summed E-state index contributed by atoms with van der Waals surface area (Å²) in [6.07, 6.45) is 2.01. The summed E-state index contributed by atoms with van der Waals surface area (Å²) in [6, 6.07) is 9.98. The van der Waals surface area contributed by atoms with Gasteiger partial charge in [-0.3, -0.25) is 0 Å². The Labute approximate surface area is 182 Å². The van der Waals surface area contributed by atoms with E-state index >= 15 is 0 Å². The molecule has 2 atom stereocenters. The molecule has 7 nitrogen and oxygen atoms in total. The van der Waals surface area contributed by atoms with Crippen LogP contribution in [-0.2, 0) is 0 Å². The fraction of sp³-hybridized carbons (Fsp3) is 0.286. The van der Waals surface area contributed by atoms with Gasteiger partial charge in [0, 0.05) is 24.3 Å². The Balaban J connectivity index is 1.44. The number of pyridine rings is 1. The highest BCUT2D eigenvalue weighted by atomic mass is 32.1. The molecule has 0 spiro atoms. The van der Waals surface area contributed by atoms with Gasteiger partial charge in [0.15, 0.2) is 12.1 Å². The molecule has 1 aliphatic rings. The van der Waals surface area contributed by atoms with E-state index in [1.807, 2.05) is 41.1 Å². The van der Waals surface area contributed by atoms with Crippen molar-refractivity contribution in [2.75, 3.05) is 30.8 Å². The zero-order valence-corrected chi connectivity index (χ0v) is 18.1. The Kier molecular flexibility index (Phi) is 5.34. The lowest BCUT2D eigenvalue weighted by atomic mass is 10.2. The summed E-state index contributed by atoms with van der Waals surface area (Å²) in [7, 11) is 2.14. The maximum atomic E-state index is 10.4. The second kappa shape index (κ2) is 8.27. The van der Waals surface area contributed by atoms with Crippen LogP contribution in [0.1, 0.15) is 17.5 Å². The second-order valence-corrected chi connectivity index (χ2v) is 9.31. The highest BCUT2D eigenvalue weighted by Gasteiger charge is 2.21. The number of aliphatic hydroxyl groups excluding tert-OH is 1. The molecule has 30 heavy (non-hydrogen) atoms. The lowest BCUT2D eigenvalue weighted by molar-refractivity contribution is 0.211. The van der Waals surface area contributed by atoms with Gasteiger partial charge < -0.3 is 20.6 Å². The van der Waals surface area contributed by atoms with E-state index in [2.05, 4.69) is 27.6 Å². The molecule has 0 radical (unpaired) electrons. The monoisotopic (exact) mass is 438 g/mol. The summed E-state index contributed by atoms with van der Waals surface area (Å²) in [5.74, 6) is 2.11. The van der Waals surface area contributed by atoms with E-state index in [9.17, 15) is 5.11 Å². The van der Waals surface area contributed by atoms with Crippen LogP contribution in [0.15, 0.2) is 47.3 Å². The summed E-state index contributed by atoms with van der Waals surface area (Å²) in [5.41, 5.74) is 1.79. The highest BCUT2D eigenvalue weighted by Crippen LogP contribution is 2.31. The standard InChI is InChI=1S/C21H22N6OS2/c1-27-8-5-14(12-27)23-20-18-15(6-10-30-18)24-19(26-20)13-4-7-22-17(11-13)25-21(28)16-3-2-9-29-16/h2-4,6-7,9-11,14,21,28H,5,8,12H2,1H3,(H,22,25)(H,23,24,26). The number of thiophene rings is 2. The van der Waals surface area contributed by atoms with Crippen molar-refractivity contribution < 1.29 is 5.11 Å². The van der Waals surface area contributed by atoms with Gasteiger partial charge in [-0.05, 0) is 55.0 Å². The van der Waals surface area contributed by atoms with Gasteiger partial charge in [-0.1, -0.05) is 6.07 Å². The van der Waals surface area contributed by atoms with Gasteiger partial charge in [0.25, 0.3) is 0 Å². The molecule has 154 valence electrons. The van der Waals surface area contributed by atoms with Gasteiger partial charge in [0.2, 0.25) is 0 Å². The van der Waals surface area contributed by atoms with Crippen molar-refractivity contribution in [2.24, 2.45) is 0 Å². The first-order valence-electron chi connectivity index (χ1n) is 9.80. The van der Waals surface area contributed by atoms with Crippen molar-refractivity contribution in [2.45, 2.75) is 18.7 Å². The minimum absolute atomic E-state index is 0.388. The molecule has 5 rings (SSSR count). The van der Waals surface area contributed by atoms with E-state index in [0.717, 1.165) is 46.0 Å². The maximum absolute atomic E-state index is 10.4. The summed E-state index contributed by atoms with van der Waals surface area (Å²) in [5, 5.41) is 21.0. The van der Waals surface area contributed by atoms with Crippen molar-refractivity contribution in [3.8, 4) is 11.4 Å². The van der Waals surface area contributed by atoms with Crippen LogP contribution in [0.2, 0.25) is 0 Å². The average Bonchev–Trinajstić information content (AvgIpc) is 3.50. The minimum Gasteiger partial charge on any atom is -0.369 e. The Morgan fingerprint density at radius 3 is 2.93 bits per heavy atom. The fourth-order valence-electron chi connectivity index (χ4n) is 3.64. The number of nitrogens with one attached hydrogen (secondary N) is 2. The second-order valence-electron chi connectivity index (χ2n) is 7.42. The molecule has 1 saturated heterocycles. The van der Waals surface area contributed by atoms with Crippen LogP contribution in [0.25, 0.3) is 21.6 Å². The van der Waals surface area contributed by atoms with Crippen molar-refractivity contribution in [1.29, 1.82) is 0 Å². The van der Waals surface area contributed by atoms with E-state index in [0.29, 0.717) is 17.7 Å². The third-order valence-corrected chi connectivity index (χ3v) is 6.99. The Morgan fingerprint density at radius 2 is 2.13 bits per heavy atom. The van der Waals surface area contributed by atoms with Crippen LogP contribution >= 0.6 is 22.7 Å². The number of rotatable bonds is 6. The molecule has 1 aliphatic heterocycles. The maximum Gasteiger partial charge on any atom is 0.162 e. The minimum atomic E-state index is -0.801. The van der Waals surface area contributed by atoms with Crippen molar-refractivity contribution >= 4 is 44.5 Å². The molecule has 9 heteroatoms. The average molecular weight is 439 g/mol. The Morgan fingerprint density at radius 1 is 1.20 bits per heavy atom. The Hall–Kier alpha value is -2.59. The van der Waals surface area contributed by atoms with Gasteiger partial charge in [0.05, 0.1) is 15.1 Å². The first-order valence-corrected chi connectivity index (χ1v) is 11.6. The molecule has 4 aromatic heterocycles. The zero-order chi connectivity index (χ0) is 20.5. The summed E-state index contributed by atoms with van der Waals surface area (Å²) >= 11 is 3.15. The SMILES string of the molecule is CN1CCC(Nc2nc(-c3ccnc(NC(O)c4cccs4)c3)nc3ccsc23)C1. The van der Waals surface area contributed by atoms with Crippen LogP contribution in [0.4, 0.5) is 11.6 Å². The number of fused-ring (bicyclic) bond motifs is 1. The summed E-state index contributed by atoms with van der Waals surface area (Å²) in [4.78, 5) is 17.1. The fourth-order valence-corrected chi connectivity index (χ4v) is 5.09. The molecular formula is C21H22N6OS2. The lowest BCUT2D eigenvalue weighted by Crippen LogP contribution is -2.24. The number of nitrogens with zero attached hydrogens (tertiary/aromatic N) is 4. The van der Waals surface area contributed by atoms with Crippen molar-refractivity contribution in [3.05, 3.63) is 52.2 Å². The number of aromatic nitrogens is 3. The number of anilines is 2. The van der Waals surface area contributed by atoms with Gasteiger partial charge in [-0.2, -0.15) is 0 Å². The molecule has 4 aromatic rings. The van der Waals surface area contributed by atoms with Crippen LogP contribution in [0, 0.1) is 0 Å². The van der Waals surface area contributed by atoms with Gasteiger partial charge >= 0.3 is 0 Å². The number of likely N-dealkylation sites (tertiary alicyclic amines) is 1. The Bertz CT molecular complexity index is 1150. The normalized spacial score (nSPS) is 18.0. The van der Waals surface area contributed by atoms with Crippen LogP contribution in [0.5, 0.6) is 0 Å². The van der Waals surface area contributed by atoms with E-state index in [4.69, 9.17) is 9.97 Å². The third-order valence-electron chi connectivity index (χ3n) is 5.15. The van der Waals surface area contributed by atoms with Crippen LogP contribution < -0.4 is 10.6 Å². The summed E-state index contributed by atoms with van der Waals surface area (Å²) in [6.45, 7) is 2.10. The number of aliphatic hydroxyl groups is 1.